The molecule has 1 heterocycles. The van der Waals surface area contributed by atoms with Crippen LogP contribution in [0.15, 0.2) is 83.2 Å². The zero-order chi connectivity index (χ0) is 32.8. The van der Waals surface area contributed by atoms with E-state index in [1.807, 2.05) is 48.5 Å². The predicted molar refractivity (Wildman–Crippen MR) is 181 cm³/mol. The Morgan fingerprint density at radius 3 is 1.85 bits per heavy atom. The van der Waals surface area contributed by atoms with E-state index in [-0.39, 0.29) is 29.0 Å². The van der Waals surface area contributed by atoms with Crippen LogP contribution in [0.2, 0.25) is 10.0 Å². The van der Waals surface area contributed by atoms with Crippen molar-refractivity contribution in [2.45, 2.75) is 72.5 Å². The van der Waals surface area contributed by atoms with Crippen molar-refractivity contribution in [3.8, 4) is 17.2 Å². The zero-order valence-electron chi connectivity index (χ0n) is 26.9. The van der Waals surface area contributed by atoms with Gasteiger partial charge in [-0.15, -0.1) is 0 Å². The third-order valence-corrected chi connectivity index (χ3v) is 9.48. The molecule has 0 bridgehead atoms. The summed E-state index contributed by atoms with van der Waals surface area (Å²) in [6.45, 7) is 9.02. The van der Waals surface area contributed by atoms with Crippen LogP contribution in [-0.4, -0.2) is 18.7 Å². The van der Waals surface area contributed by atoms with Crippen molar-refractivity contribution in [1.82, 2.24) is 5.32 Å². The number of carbonyl (C=O) groups is 2. The molecule has 8 heteroatoms. The molecule has 0 atom stereocenters. The lowest BCUT2D eigenvalue weighted by Crippen LogP contribution is -2.42. The second kappa shape index (κ2) is 12.5. The second-order valence-electron chi connectivity index (χ2n) is 14.1. The highest BCUT2D eigenvalue weighted by atomic mass is 35.5. The zero-order valence-corrected chi connectivity index (χ0v) is 28.4. The Morgan fingerprint density at radius 1 is 0.717 bits per heavy atom. The maximum absolute atomic E-state index is 13.7. The summed E-state index contributed by atoms with van der Waals surface area (Å²) in [6.07, 6.45) is 2.26. The Morgan fingerprint density at radius 2 is 1.28 bits per heavy atom. The first-order valence-corrected chi connectivity index (χ1v) is 16.3. The Hall–Kier alpha value is -3.74. The third-order valence-electron chi connectivity index (χ3n) is 8.92. The van der Waals surface area contributed by atoms with Gasteiger partial charge in [0.2, 0.25) is 0 Å². The number of carbonyl (C=O) groups excluding carboxylic acids is 2. The van der Waals surface area contributed by atoms with E-state index in [2.05, 4.69) is 33.0 Å². The SMILES string of the molecule is COc1cc(COc2c(Cl)cc(C3C4=C(CC(C)(C)CC4=O)NC4=C3C(=O)CC(C)(C)C4)cc2Cl)ccc1OCc1ccccc1. The van der Waals surface area contributed by atoms with Gasteiger partial charge in [-0.2, -0.15) is 0 Å². The Balaban J connectivity index is 1.27. The number of rotatable bonds is 8. The maximum Gasteiger partial charge on any atom is 0.162 e. The van der Waals surface area contributed by atoms with Crippen LogP contribution in [-0.2, 0) is 22.8 Å². The number of allylic oxidation sites excluding steroid dienone is 4. The highest BCUT2D eigenvalue weighted by molar-refractivity contribution is 6.37. The molecule has 0 saturated carbocycles. The summed E-state index contributed by atoms with van der Waals surface area (Å²) in [5.74, 6) is 1.11. The van der Waals surface area contributed by atoms with E-state index in [0.717, 1.165) is 35.4 Å². The Kier molecular flexibility index (Phi) is 8.73. The largest absolute Gasteiger partial charge is 0.493 e. The van der Waals surface area contributed by atoms with Gasteiger partial charge in [0.1, 0.15) is 13.2 Å². The fourth-order valence-corrected chi connectivity index (χ4v) is 7.53. The minimum absolute atomic E-state index is 0.0469. The smallest absolute Gasteiger partial charge is 0.162 e. The summed E-state index contributed by atoms with van der Waals surface area (Å²) < 4.78 is 17.7. The molecule has 6 rings (SSSR count). The van der Waals surface area contributed by atoms with E-state index in [9.17, 15) is 9.59 Å². The van der Waals surface area contributed by atoms with Gasteiger partial charge in [0, 0.05) is 41.3 Å². The summed E-state index contributed by atoms with van der Waals surface area (Å²) in [5, 5.41) is 4.17. The topological polar surface area (TPSA) is 73.9 Å². The lowest BCUT2D eigenvalue weighted by Gasteiger charge is -2.44. The first-order chi connectivity index (χ1) is 21.8. The van der Waals surface area contributed by atoms with Gasteiger partial charge < -0.3 is 19.5 Å². The minimum Gasteiger partial charge on any atom is -0.493 e. The average molecular weight is 661 g/mol. The molecule has 0 radical (unpaired) electrons. The fraction of sp³-hybridized carbons (Fsp3) is 0.368. The number of Topliss-reactive ketones (excluding diaryl/α,β-unsaturated/α-hetero) is 2. The van der Waals surface area contributed by atoms with Gasteiger partial charge in [0.15, 0.2) is 28.8 Å². The summed E-state index contributed by atoms with van der Waals surface area (Å²) in [5.41, 5.74) is 5.34. The van der Waals surface area contributed by atoms with Gasteiger partial charge in [-0.3, -0.25) is 9.59 Å². The number of ketones is 2. The van der Waals surface area contributed by atoms with E-state index in [1.54, 1.807) is 19.2 Å². The molecule has 3 aromatic rings. The average Bonchev–Trinajstić information content (AvgIpc) is 2.98. The molecule has 0 amide bonds. The highest BCUT2D eigenvalue weighted by Crippen LogP contribution is 2.52. The van der Waals surface area contributed by atoms with E-state index in [0.29, 0.717) is 63.5 Å². The molecule has 46 heavy (non-hydrogen) atoms. The molecule has 6 nitrogen and oxygen atoms in total. The van der Waals surface area contributed by atoms with Gasteiger partial charge >= 0.3 is 0 Å². The minimum atomic E-state index is -0.532. The third kappa shape index (κ3) is 6.56. The first-order valence-electron chi connectivity index (χ1n) is 15.6. The second-order valence-corrected chi connectivity index (χ2v) is 14.9. The first kappa shape index (κ1) is 32.2. The molecule has 0 spiro atoms. The molecular weight excluding hydrogens is 621 g/mol. The number of ether oxygens (including phenoxy) is 3. The molecule has 0 unspecified atom stereocenters. The number of halogens is 2. The van der Waals surface area contributed by atoms with Crippen molar-refractivity contribution >= 4 is 34.8 Å². The molecule has 0 fully saturated rings. The highest BCUT2D eigenvalue weighted by Gasteiger charge is 2.46. The van der Waals surface area contributed by atoms with Gasteiger partial charge in [-0.1, -0.05) is 87.3 Å². The monoisotopic (exact) mass is 659 g/mol. The molecule has 1 N–H and O–H groups in total. The summed E-state index contributed by atoms with van der Waals surface area (Å²) in [6, 6.07) is 19.1. The molecular formula is C38H39Cl2NO5. The van der Waals surface area contributed by atoms with Crippen LogP contribution in [0.1, 0.15) is 76.0 Å². The maximum atomic E-state index is 13.7. The van der Waals surface area contributed by atoms with E-state index >= 15 is 0 Å². The van der Waals surface area contributed by atoms with Crippen molar-refractivity contribution in [3.63, 3.8) is 0 Å². The number of benzene rings is 3. The molecule has 3 aliphatic rings. The Bertz CT molecular complexity index is 1700. The Labute approximate surface area is 280 Å². The molecule has 2 aliphatic carbocycles. The number of methoxy groups -OCH3 is 1. The molecule has 0 saturated heterocycles. The van der Waals surface area contributed by atoms with Crippen molar-refractivity contribution in [3.05, 3.63) is 110 Å². The normalized spacial score (nSPS) is 18.9. The van der Waals surface area contributed by atoms with Crippen LogP contribution in [0.3, 0.4) is 0 Å². The summed E-state index contributed by atoms with van der Waals surface area (Å²) in [7, 11) is 1.60. The standard InChI is InChI=1S/C38H39Cl2NO5/c1-37(2)16-27-34(29(42)18-37)33(35-28(41-27)17-38(3,4)19-30(35)43)24-14-25(39)36(26(40)15-24)46-21-23-11-12-31(32(13-23)44-5)45-20-22-9-7-6-8-10-22/h6-15,33,41H,16-21H2,1-5H3. The van der Waals surface area contributed by atoms with Crippen molar-refractivity contribution in [1.29, 1.82) is 0 Å². The van der Waals surface area contributed by atoms with E-state index < -0.39 is 5.92 Å². The van der Waals surface area contributed by atoms with Crippen LogP contribution in [0.5, 0.6) is 17.2 Å². The summed E-state index contributed by atoms with van der Waals surface area (Å²) in [4.78, 5) is 27.4. The number of dihydropyridines is 1. The van der Waals surface area contributed by atoms with Gasteiger partial charge in [0.25, 0.3) is 0 Å². The quantitative estimate of drug-likeness (QED) is 0.260. The van der Waals surface area contributed by atoms with E-state index in [4.69, 9.17) is 37.4 Å². The lowest BCUT2D eigenvalue weighted by molar-refractivity contribution is -0.119. The lowest BCUT2D eigenvalue weighted by atomic mass is 9.64. The van der Waals surface area contributed by atoms with Crippen molar-refractivity contribution in [2.24, 2.45) is 10.8 Å². The summed E-state index contributed by atoms with van der Waals surface area (Å²) >= 11 is 13.7. The molecule has 240 valence electrons. The number of hydrogen-bond donors (Lipinski definition) is 1. The van der Waals surface area contributed by atoms with Crippen LogP contribution < -0.4 is 19.5 Å². The number of nitrogens with one attached hydrogen (secondary N) is 1. The van der Waals surface area contributed by atoms with Crippen molar-refractivity contribution < 1.29 is 23.8 Å². The van der Waals surface area contributed by atoms with Crippen molar-refractivity contribution in [2.75, 3.05) is 7.11 Å². The van der Waals surface area contributed by atoms with Crippen LogP contribution in [0.4, 0.5) is 0 Å². The van der Waals surface area contributed by atoms with Gasteiger partial charge in [-0.25, -0.2) is 0 Å². The number of hydrogen-bond acceptors (Lipinski definition) is 6. The van der Waals surface area contributed by atoms with Crippen LogP contribution >= 0.6 is 23.2 Å². The fourth-order valence-electron chi connectivity index (χ4n) is 6.92. The van der Waals surface area contributed by atoms with Gasteiger partial charge in [-0.05, 0) is 64.6 Å². The predicted octanol–water partition coefficient (Wildman–Crippen LogP) is 9.13. The molecule has 3 aromatic carbocycles. The molecule has 1 aliphatic heterocycles. The van der Waals surface area contributed by atoms with Crippen LogP contribution in [0, 0.1) is 10.8 Å². The van der Waals surface area contributed by atoms with Crippen LogP contribution in [0.25, 0.3) is 0 Å². The molecule has 0 aromatic heterocycles. The van der Waals surface area contributed by atoms with Gasteiger partial charge in [0.05, 0.1) is 17.2 Å². The van der Waals surface area contributed by atoms with E-state index in [1.165, 1.54) is 0 Å².